The van der Waals surface area contributed by atoms with Crippen molar-refractivity contribution in [1.29, 1.82) is 0 Å². The van der Waals surface area contributed by atoms with Gasteiger partial charge < -0.3 is 14.9 Å². The second kappa shape index (κ2) is 4.09. The zero-order valence-corrected chi connectivity index (χ0v) is 9.91. The Kier molecular flexibility index (Phi) is 2.57. The number of nitrogens with two attached hydrogens (primary N) is 1. The lowest BCUT2D eigenvalue weighted by molar-refractivity contribution is 0.352. The Bertz CT molecular complexity index is 550. The molecule has 0 amide bonds. The molecule has 1 unspecified atom stereocenters. The van der Waals surface area contributed by atoms with E-state index in [0.717, 1.165) is 29.9 Å². The highest BCUT2D eigenvalue weighted by Crippen LogP contribution is 2.37. The monoisotopic (exact) mass is 249 g/mol. The number of hydrogen-bond donors (Lipinski definition) is 1. The number of ether oxygens (including phenoxy) is 1. The number of fused-ring (bicyclic) bond motifs is 1. The number of hydrogen-bond acceptors (Lipinski definition) is 3. The van der Waals surface area contributed by atoms with Gasteiger partial charge in [0.05, 0.1) is 18.9 Å². The average molecular weight is 250 g/mol. The lowest BCUT2D eigenvalue weighted by atomic mass is 9.98. The lowest BCUT2D eigenvalue weighted by Crippen LogP contribution is -2.12. The van der Waals surface area contributed by atoms with Crippen molar-refractivity contribution in [3.8, 4) is 5.75 Å². The van der Waals surface area contributed by atoms with Crippen LogP contribution in [0.3, 0.4) is 0 Å². The summed E-state index contributed by atoms with van der Waals surface area (Å²) in [6.07, 6.45) is 2.48. The Hall–Kier alpha value is -1.45. The molecule has 4 heteroatoms. The van der Waals surface area contributed by atoms with Gasteiger partial charge in [-0.05, 0) is 23.2 Å². The van der Waals surface area contributed by atoms with Crippen molar-refractivity contribution in [3.05, 3.63) is 52.4 Å². The highest BCUT2D eigenvalue weighted by Gasteiger charge is 2.23. The average Bonchev–Trinajstić information content (AvgIpc) is 2.95. The highest BCUT2D eigenvalue weighted by atomic mass is 35.5. The zero-order valence-electron chi connectivity index (χ0n) is 9.15. The minimum Gasteiger partial charge on any atom is -0.493 e. The van der Waals surface area contributed by atoms with Crippen LogP contribution in [0, 0.1) is 0 Å². The van der Waals surface area contributed by atoms with Gasteiger partial charge in [0.15, 0.2) is 5.22 Å². The highest BCUT2D eigenvalue weighted by molar-refractivity contribution is 6.29. The van der Waals surface area contributed by atoms with Gasteiger partial charge in [-0.3, -0.25) is 0 Å². The standard InChI is InChI=1S/C13H12ClNO2/c14-13-10(5-7-17-13)11(15)9-3-1-2-8-4-6-16-12(8)9/h1-3,5,7,11H,4,6,15H2. The minimum absolute atomic E-state index is 0.311. The lowest BCUT2D eigenvalue weighted by Gasteiger charge is -2.14. The fourth-order valence-corrected chi connectivity index (χ4v) is 2.41. The van der Waals surface area contributed by atoms with E-state index in [-0.39, 0.29) is 6.04 Å². The van der Waals surface area contributed by atoms with Crippen LogP contribution >= 0.6 is 11.6 Å². The third-order valence-electron chi connectivity index (χ3n) is 3.06. The van der Waals surface area contributed by atoms with Gasteiger partial charge in [-0.15, -0.1) is 0 Å². The van der Waals surface area contributed by atoms with Gasteiger partial charge in [-0.25, -0.2) is 0 Å². The molecule has 1 aliphatic heterocycles. The first kappa shape index (κ1) is 10.7. The van der Waals surface area contributed by atoms with Crippen molar-refractivity contribution in [2.75, 3.05) is 6.61 Å². The van der Waals surface area contributed by atoms with Crippen LogP contribution in [0.2, 0.25) is 5.22 Å². The van der Waals surface area contributed by atoms with E-state index in [1.165, 1.54) is 5.56 Å². The Labute approximate surface area is 104 Å². The Morgan fingerprint density at radius 1 is 1.24 bits per heavy atom. The molecule has 2 aromatic rings. The van der Waals surface area contributed by atoms with E-state index >= 15 is 0 Å². The molecule has 2 heterocycles. The van der Waals surface area contributed by atoms with Crippen LogP contribution in [-0.2, 0) is 6.42 Å². The second-order valence-electron chi connectivity index (χ2n) is 4.06. The molecule has 3 rings (SSSR count). The van der Waals surface area contributed by atoms with Crippen molar-refractivity contribution in [2.45, 2.75) is 12.5 Å². The largest absolute Gasteiger partial charge is 0.493 e. The molecular weight excluding hydrogens is 238 g/mol. The van der Waals surface area contributed by atoms with E-state index < -0.39 is 0 Å². The molecule has 0 aliphatic carbocycles. The summed E-state index contributed by atoms with van der Waals surface area (Å²) in [6.45, 7) is 0.720. The normalized spacial score (nSPS) is 15.4. The molecule has 1 aliphatic rings. The molecule has 0 bridgehead atoms. The third-order valence-corrected chi connectivity index (χ3v) is 3.37. The summed E-state index contributed by atoms with van der Waals surface area (Å²) in [7, 11) is 0. The van der Waals surface area contributed by atoms with Gasteiger partial charge >= 0.3 is 0 Å². The Morgan fingerprint density at radius 3 is 2.88 bits per heavy atom. The van der Waals surface area contributed by atoms with Crippen molar-refractivity contribution in [3.63, 3.8) is 0 Å². The molecule has 2 N–H and O–H groups in total. The Balaban J connectivity index is 2.05. The molecular formula is C13H12ClNO2. The van der Waals surface area contributed by atoms with E-state index in [4.69, 9.17) is 26.5 Å². The maximum absolute atomic E-state index is 6.21. The molecule has 0 saturated heterocycles. The first-order valence-corrected chi connectivity index (χ1v) is 5.88. The topological polar surface area (TPSA) is 48.4 Å². The van der Waals surface area contributed by atoms with Gasteiger partial charge in [0.25, 0.3) is 0 Å². The van der Waals surface area contributed by atoms with E-state index in [2.05, 4.69) is 6.07 Å². The maximum Gasteiger partial charge on any atom is 0.198 e. The molecule has 1 aromatic carbocycles. The quantitative estimate of drug-likeness (QED) is 0.890. The van der Waals surface area contributed by atoms with E-state index in [1.807, 2.05) is 12.1 Å². The molecule has 3 nitrogen and oxygen atoms in total. The van der Waals surface area contributed by atoms with E-state index in [9.17, 15) is 0 Å². The summed E-state index contributed by atoms with van der Waals surface area (Å²) in [5.41, 5.74) is 9.17. The smallest absolute Gasteiger partial charge is 0.198 e. The van der Waals surface area contributed by atoms with Crippen LogP contribution in [0.25, 0.3) is 0 Å². The van der Waals surface area contributed by atoms with Gasteiger partial charge in [0.2, 0.25) is 0 Å². The van der Waals surface area contributed by atoms with Crippen molar-refractivity contribution in [2.24, 2.45) is 5.73 Å². The van der Waals surface area contributed by atoms with Crippen LogP contribution in [0.5, 0.6) is 5.75 Å². The number of benzene rings is 1. The predicted octanol–water partition coefficient (Wildman–Crippen LogP) is 2.92. The molecule has 0 spiro atoms. The third kappa shape index (κ3) is 1.72. The zero-order chi connectivity index (χ0) is 11.8. The predicted molar refractivity (Wildman–Crippen MR) is 65.4 cm³/mol. The fourth-order valence-electron chi connectivity index (χ4n) is 2.18. The summed E-state index contributed by atoms with van der Waals surface area (Å²) in [4.78, 5) is 0. The summed E-state index contributed by atoms with van der Waals surface area (Å²) in [6, 6.07) is 7.51. The number of halogens is 1. The van der Waals surface area contributed by atoms with Gasteiger partial charge in [-0.1, -0.05) is 18.2 Å². The maximum atomic E-state index is 6.21. The summed E-state index contributed by atoms with van der Waals surface area (Å²) < 4.78 is 10.7. The van der Waals surface area contributed by atoms with Crippen LogP contribution in [0.4, 0.5) is 0 Å². The molecule has 1 atom stereocenters. The SMILES string of the molecule is NC(c1ccoc1Cl)c1cccc2c1OCC2. The second-order valence-corrected chi connectivity index (χ2v) is 4.40. The first-order valence-electron chi connectivity index (χ1n) is 5.50. The number of para-hydroxylation sites is 1. The van der Waals surface area contributed by atoms with Crippen LogP contribution in [-0.4, -0.2) is 6.61 Å². The summed E-state index contributed by atoms with van der Waals surface area (Å²) in [5, 5.41) is 0.341. The van der Waals surface area contributed by atoms with Crippen LogP contribution in [0.15, 0.2) is 34.9 Å². The molecule has 17 heavy (non-hydrogen) atoms. The summed E-state index contributed by atoms with van der Waals surface area (Å²) >= 11 is 5.95. The van der Waals surface area contributed by atoms with Gasteiger partial charge in [0.1, 0.15) is 5.75 Å². The number of furan rings is 1. The van der Waals surface area contributed by atoms with Gasteiger partial charge in [-0.2, -0.15) is 0 Å². The molecule has 1 aromatic heterocycles. The summed E-state index contributed by atoms with van der Waals surface area (Å²) in [5.74, 6) is 0.900. The molecule has 0 saturated carbocycles. The molecule has 0 fully saturated rings. The van der Waals surface area contributed by atoms with Crippen molar-refractivity contribution >= 4 is 11.6 Å². The Morgan fingerprint density at radius 2 is 2.12 bits per heavy atom. The van der Waals surface area contributed by atoms with Crippen LogP contribution < -0.4 is 10.5 Å². The molecule has 0 radical (unpaired) electrons. The van der Waals surface area contributed by atoms with Crippen molar-refractivity contribution in [1.82, 2.24) is 0 Å². The van der Waals surface area contributed by atoms with E-state index in [1.54, 1.807) is 12.3 Å². The van der Waals surface area contributed by atoms with E-state index in [0.29, 0.717) is 5.22 Å². The number of rotatable bonds is 2. The first-order chi connectivity index (χ1) is 8.27. The fraction of sp³-hybridized carbons (Fsp3) is 0.231. The van der Waals surface area contributed by atoms with Crippen LogP contribution in [0.1, 0.15) is 22.7 Å². The minimum atomic E-state index is -0.311. The van der Waals surface area contributed by atoms with Gasteiger partial charge in [0, 0.05) is 17.5 Å². The van der Waals surface area contributed by atoms with Crippen molar-refractivity contribution < 1.29 is 9.15 Å². The molecule has 88 valence electrons.